The lowest BCUT2D eigenvalue weighted by molar-refractivity contribution is 0.144. The molecule has 1 aromatic heterocycles. The topological polar surface area (TPSA) is 59.1 Å². The molecule has 13 heavy (non-hydrogen) atoms. The van der Waals surface area contributed by atoms with Crippen LogP contribution in [0.2, 0.25) is 0 Å². The molecule has 0 spiro atoms. The van der Waals surface area contributed by atoms with E-state index in [1.807, 2.05) is 0 Å². The Labute approximate surface area is 74.2 Å². The van der Waals surface area contributed by atoms with Gasteiger partial charge in [0.05, 0.1) is 6.61 Å². The monoisotopic (exact) mass is 188 g/mol. The van der Waals surface area contributed by atoms with Gasteiger partial charge in [-0.3, -0.25) is 4.98 Å². The highest BCUT2D eigenvalue weighted by atomic mass is 19.3. The summed E-state index contributed by atoms with van der Waals surface area (Å²) in [7, 11) is 0. The van der Waals surface area contributed by atoms with E-state index < -0.39 is 6.43 Å². The number of aliphatic hydroxyl groups is 1. The first-order valence-electron chi connectivity index (χ1n) is 3.75. The quantitative estimate of drug-likeness (QED) is 0.743. The van der Waals surface area contributed by atoms with Crippen molar-refractivity contribution in [3.8, 4) is 0 Å². The zero-order valence-corrected chi connectivity index (χ0v) is 6.87. The molecule has 0 aliphatic rings. The molecule has 3 nitrogen and oxygen atoms in total. The van der Waals surface area contributed by atoms with E-state index in [9.17, 15) is 8.78 Å². The lowest BCUT2D eigenvalue weighted by Gasteiger charge is -2.06. The first kappa shape index (κ1) is 10.0. The number of halogens is 2. The molecule has 72 valence electrons. The smallest absolute Gasteiger partial charge is 0.280 e. The van der Waals surface area contributed by atoms with Crippen molar-refractivity contribution in [3.05, 3.63) is 29.1 Å². The number of pyridine rings is 1. The molecule has 5 heteroatoms. The van der Waals surface area contributed by atoms with Gasteiger partial charge in [-0.2, -0.15) is 0 Å². The number of hydrogen-bond acceptors (Lipinski definition) is 3. The Bertz CT molecular complexity index is 291. The minimum atomic E-state index is -2.62. The van der Waals surface area contributed by atoms with Crippen molar-refractivity contribution in [2.24, 2.45) is 5.73 Å². The van der Waals surface area contributed by atoms with Crippen LogP contribution in [0.3, 0.4) is 0 Å². The maximum Gasteiger partial charge on any atom is 0.280 e. The largest absolute Gasteiger partial charge is 0.392 e. The van der Waals surface area contributed by atoms with Crippen molar-refractivity contribution in [1.29, 1.82) is 0 Å². The van der Waals surface area contributed by atoms with Gasteiger partial charge in [0.2, 0.25) is 0 Å². The van der Waals surface area contributed by atoms with Gasteiger partial charge in [-0.15, -0.1) is 0 Å². The van der Waals surface area contributed by atoms with E-state index in [0.717, 1.165) is 0 Å². The number of aromatic nitrogens is 1. The maximum atomic E-state index is 12.3. The third kappa shape index (κ3) is 2.19. The molecule has 1 rings (SSSR count). The normalized spacial score (nSPS) is 10.8. The second kappa shape index (κ2) is 4.25. The summed E-state index contributed by atoms with van der Waals surface area (Å²) in [5, 5.41) is 8.72. The van der Waals surface area contributed by atoms with Crippen molar-refractivity contribution in [3.63, 3.8) is 0 Å². The number of rotatable bonds is 3. The highest BCUT2D eigenvalue weighted by Gasteiger charge is 2.13. The van der Waals surface area contributed by atoms with Crippen LogP contribution in [0.15, 0.2) is 12.3 Å². The van der Waals surface area contributed by atoms with Crippen molar-refractivity contribution in [2.75, 3.05) is 0 Å². The van der Waals surface area contributed by atoms with E-state index in [2.05, 4.69) is 4.98 Å². The summed E-state index contributed by atoms with van der Waals surface area (Å²) < 4.78 is 24.5. The average Bonchev–Trinajstić information content (AvgIpc) is 2.16. The van der Waals surface area contributed by atoms with E-state index in [1.54, 1.807) is 0 Å². The van der Waals surface area contributed by atoms with E-state index in [4.69, 9.17) is 10.8 Å². The fourth-order valence-corrected chi connectivity index (χ4v) is 1.02. The molecular weight excluding hydrogens is 178 g/mol. The highest BCUT2D eigenvalue weighted by molar-refractivity contribution is 5.25. The lowest BCUT2D eigenvalue weighted by atomic mass is 10.1. The van der Waals surface area contributed by atoms with Crippen LogP contribution in [0.25, 0.3) is 0 Å². The van der Waals surface area contributed by atoms with Gasteiger partial charge in [-0.25, -0.2) is 8.78 Å². The Kier molecular flexibility index (Phi) is 3.27. The first-order chi connectivity index (χ1) is 6.19. The van der Waals surface area contributed by atoms with Crippen LogP contribution >= 0.6 is 0 Å². The van der Waals surface area contributed by atoms with Gasteiger partial charge >= 0.3 is 0 Å². The summed E-state index contributed by atoms with van der Waals surface area (Å²) in [6.07, 6.45) is -1.40. The Morgan fingerprint density at radius 3 is 2.69 bits per heavy atom. The van der Waals surface area contributed by atoms with Gasteiger partial charge in [0.1, 0.15) is 5.69 Å². The first-order valence-corrected chi connectivity index (χ1v) is 3.75. The molecule has 0 saturated heterocycles. The molecule has 0 amide bonds. The summed E-state index contributed by atoms with van der Waals surface area (Å²) in [6.45, 7) is -0.218. The summed E-state index contributed by atoms with van der Waals surface area (Å²) in [4.78, 5) is 3.53. The zero-order chi connectivity index (χ0) is 9.84. The molecule has 0 aliphatic heterocycles. The van der Waals surface area contributed by atoms with E-state index in [-0.39, 0.29) is 24.4 Å². The van der Waals surface area contributed by atoms with Gasteiger partial charge in [-0.1, -0.05) is 0 Å². The number of alkyl halides is 2. The third-order valence-corrected chi connectivity index (χ3v) is 1.67. The molecule has 0 saturated carbocycles. The van der Waals surface area contributed by atoms with E-state index >= 15 is 0 Å². The molecule has 1 heterocycles. The van der Waals surface area contributed by atoms with Gasteiger partial charge in [0.25, 0.3) is 6.43 Å². The highest BCUT2D eigenvalue weighted by Crippen LogP contribution is 2.20. The number of aliphatic hydroxyl groups excluding tert-OH is 1. The minimum Gasteiger partial charge on any atom is -0.392 e. The predicted octanol–water partition coefficient (Wildman–Crippen LogP) is 0.970. The Morgan fingerprint density at radius 2 is 2.23 bits per heavy atom. The van der Waals surface area contributed by atoms with Gasteiger partial charge < -0.3 is 10.8 Å². The van der Waals surface area contributed by atoms with Crippen molar-refractivity contribution in [1.82, 2.24) is 4.98 Å². The zero-order valence-electron chi connectivity index (χ0n) is 6.87. The van der Waals surface area contributed by atoms with Crippen LogP contribution < -0.4 is 5.73 Å². The second-order valence-electron chi connectivity index (χ2n) is 2.55. The van der Waals surface area contributed by atoms with Crippen molar-refractivity contribution < 1.29 is 13.9 Å². The van der Waals surface area contributed by atoms with E-state index in [0.29, 0.717) is 5.56 Å². The lowest BCUT2D eigenvalue weighted by Crippen LogP contribution is -2.05. The molecule has 3 N–H and O–H groups in total. The Balaban J connectivity index is 3.08. The molecule has 0 unspecified atom stereocenters. The minimum absolute atomic E-state index is 0.000509. The second-order valence-corrected chi connectivity index (χ2v) is 2.55. The molecule has 0 fully saturated rings. The Hall–Kier alpha value is -1.07. The fraction of sp³-hybridized carbons (Fsp3) is 0.375. The summed E-state index contributed by atoms with van der Waals surface area (Å²) >= 11 is 0. The van der Waals surface area contributed by atoms with Crippen LogP contribution in [0, 0.1) is 0 Å². The Morgan fingerprint density at radius 1 is 1.54 bits per heavy atom. The third-order valence-electron chi connectivity index (χ3n) is 1.67. The van der Waals surface area contributed by atoms with E-state index in [1.165, 1.54) is 12.3 Å². The van der Waals surface area contributed by atoms with Gasteiger partial charge in [-0.05, 0) is 17.2 Å². The molecular formula is C8H10F2N2O. The fourth-order valence-electron chi connectivity index (χ4n) is 1.02. The standard InChI is InChI=1S/C8H10F2N2O/c9-8(10)7-6(2-11)1-5(4-13)3-12-7/h1,3,8,13H,2,4,11H2. The summed E-state index contributed by atoms with van der Waals surface area (Å²) in [6, 6.07) is 1.44. The van der Waals surface area contributed by atoms with Crippen LogP contribution in [-0.2, 0) is 13.2 Å². The van der Waals surface area contributed by atoms with Gasteiger partial charge in [0.15, 0.2) is 0 Å². The van der Waals surface area contributed by atoms with Crippen LogP contribution in [0.1, 0.15) is 23.2 Å². The SMILES string of the molecule is NCc1cc(CO)cnc1C(F)F. The summed E-state index contributed by atoms with van der Waals surface area (Å²) in [5.74, 6) is 0. The molecule has 0 atom stereocenters. The molecule has 1 aromatic rings. The summed E-state index contributed by atoms with van der Waals surface area (Å²) in [5.41, 5.74) is 5.72. The molecule has 0 bridgehead atoms. The number of hydrogen-bond donors (Lipinski definition) is 2. The number of nitrogens with two attached hydrogens (primary N) is 1. The van der Waals surface area contributed by atoms with Crippen LogP contribution in [-0.4, -0.2) is 10.1 Å². The van der Waals surface area contributed by atoms with Crippen LogP contribution in [0.5, 0.6) is 0 Å². The van der Waals surface area contributed by atoms with Crippen LogP contribution in [0.4, 0.5) is 8.78 Å². The predicted molar refractivity (Wildman–Crippen MR) is 43.0 cm³/mol. The van der Waals surface area contributed by atoms with Crippen molar-refractivity contribution >= 4 is 0 Å². The maximum absolute atomic E-state index is 12.3. The molecule has 0 aliphatic carbocycles. The number of nitrogens with zero attached hydrogens (tertiary/aromatic N) is 1. The molecule has 0 radical (unpaired) electrons. The molecule has 0 aromatic carbocycles. The van der Waals surface area contributed by atoms with Gasteiger partial charge in [0, 0.05) is 12.7 Å². The average molecular weight is 188 g/mol. The van der Waals surface area contributed by atoms with Crippen molar-refractivity contribution in [2.45, 2.75) is 19.6 Å².